The second kappa shape index (κ2) is 8.32. The maximum absolute atomic E-state index is 12.8. The van der Waals surface area contributed by atoms with Crippen molar-refractivity contribution in [3.63, 3.8) is 0 Å². The molecule has 2 aliphatic heterocycles. The number of amides is 1. The lowest BCUT2D eigenvalue weighted by molar-refractivity contribution is -0.124. The van der Waals surface area contributed by atoms with E-state index in [1.165, 1.54) is 0 Å². The molecule has 4 rings (SSSR count). The Bertz CT molecular complexity index is 815. The van der Waals surface area contributed by atoms with Gasteiger partial charge in [0.15, 0.2) is 5.92 Å². The van der Waals surface area contributed by atoms with E-state index in [1.807, 2.05) is 18.2 Å². The van der Waals surface area contributed by atoms with Crippen molar-refractivity contribution in [2.24, 2.45) is 10.9 Å². The summed E-state index contributed by atoms with van der Waals surface area (Å²) in [6.07, 6.45) is 6.03. The number of aliphatic imine (C=N–C) groups is 1. The second-order valence-corrected chi connectivity index (χ2v) is 8.18. The van der Waals surface area contributed by atoms with Gasteiger partial charge in [0.2, 0.25) is 11.9 Å². The van der Waals surface area contributed by atoms with Crippen LogP contribution in [0.15, 0.2) is 29.3 Å². The molecule has 154 valence electrons. The number of nitriles is 1. The van der Waals surface area contributed by atoms with Gasteiger partial charge in [-0.3, -0.25) is 10.1 Å². The highest BCUT2D eigenvalue weighted by atomic mass is 16.5. The molecule has 0 aromatic heterocycles. The van der Waals surface area contributed by atoms with Crippen LogP contribution in [0.4, 0.5) is 5.69 Å². The molecule has 1 spiro atoms. The van der Waals surface area contributed by atoms with Crippen LogP contribution >= 0.6 is 0 Å². The van der Waals surface area contributed by atoms with Crippen LogP contribution < -0.4 is 15.0 Å². The van der Waals surface area contributed by atoms with E-state index in [2.05, 4.69) is 27.3 Å². The number of ether oxygens (including phenoxy) is 1. The van der Waals surface area contributed by atoms with Crippen molar-refractivity contribution >= 4 is 17.6 Å². The van der Waals surface area contributed by atoms with Crippen molar-refractivity contribution in [2.75, 3.05) is 38.2 Å². The van der Waals surface area contributed by atoms with Gasteiger partial charge in [-0.2, -0.15) is 5.26 Å². The Morgan fingerprint density at radius 3 is 2.48 bits per heavy atom. The highest BCUT2D eigenvalue weighted by Crippen LogP contribution is 2.39. The number of hydrogen-bond donors (Lipinski definition) is 1. The Balaban J connectivity index is 1.50. The minimum atomic E-state index is -0.678. The molecule has 0 bridgehead atoms. The van der Waals surface area contributed by atoms with Gasteiger partial charge in [-0.1, -0.05) is 31.7 Å². The summed E-state index contributed by atoms with van der Waals surface area (Å²) >= 11 is 0. The summed E-state index contributed by atoms with van der Waals surface area (Å²) in [5.41, 5.74) is 0.593. The number of carbonyl (C=O) groups is 1. The molecule has 0 radical (unpaired) electrons. The number of guanidine groups is 1. The summed E-state index contributed by atoms with van der Waals surface area (Å²) in [5, 5.41) is 12.6. The Labute approximate surface area is 172 Å². The van der Waals surface area contributed by atoms with Crippen LogP contribution in [0.3, 0.4) is 0 Å². The van der Waals surface area contributed by atoms with Gasteiger partial charge in [0.05, 0.1) is 18.7 Å². The normalized spacial score (nSPS) is 24.3. The van der Waals surface area contributed by atoms with Crippen molar-refractivity contribution in [1.29, 1.82) is 5.26 Å². The molecule has 2 heterocycles. The summed E-state index contributed by atoms with van der Waals surface area (Å²) in [4.78, 5) is 22.3. The molecule has 3 aliphatic rings. The van der Waals surface area contributed by atoms with Crippen molar-refractivity contribution in [3.8, 4) is 11.8 Å². The average molecular weight is 396 g/mol. The quantitative estimate of drug-likeness (QED) is 0.832. The first-order valence-electron chi connectivity index (χ1n) is 10.6. The van der Waals surface area contributed by atoms with Gasteiger partial charge in [0, 0.05) is 37.9 Å². The molecule has 1 aromatic carbocycles. The second-order valence-electron chi connectivity index (χ2n) is 8.18. The number of piperazine rings is 1. The first kappa shape index (κ1) is 19.6. The highest BCUT2D eigenvalue weighted by Gasteiger charge is 2.47. The fourth-order valence-corrected chi connectivity index (χ4v) is 4.78. The zero-order chi connectivity index (χ0) is 20.3. The summed E-state index contributed by atoms with van der Waals surface area (Å²) in [6, 6.07) is 10.3. The number of hydrogen-bond acceptors (Lipinski definition) is 6. The van der Waals surface area contributed by atoms with E-state index >= 15 is 0 Å². The minimum Gasteiger partial charge on any atom is -0.497 e. The molecule has 1 N–H and O–H groups in total. The molecule has 29 heavy (non-hydrogen) atoms. The molecule has 1 saturated carbocycles. The van der Waals surface area contributed by atoms with Gasteiger partial charge in [0.25, 0.3) is 0 Å². The Morgan fingerprint density at radius 2 is 1.83 bits per heavy atom. The monoisotopic (exact) mass is 395 g/mol. The highest BCUT2D eigenvalue weighted by molar-refractivity contribution is 6.02. The lowest BCUT2D eigenvalue weighted by Crippen LogP contribution is -2.60. The zero-order valence-corrected chi connectivity index (χ0v) is 17.1. The topological polar surface area (TPSA) is 81.0 Å². The molecule has 1 atom stereocenters. The molecule has 1 aliphatic carbocycles. The molecule has 0 unspecified atom stereocenters. The fraction of sp³-hybridized carbons (Fsp3) is 0.591. The molecule has 1 saturated heterocycles. The predicted molar refractivity (Wildman–Crippen MR) is 112 cm³/mol. The lowest BCUT2D eigenvalue weighted by atomic mass is 9.77. The maximum atomic E-state index is 12.8. The van der Waals surface area contributed by atoms with Crippen LogP contribution in [0.2, 0.25) is 0 Å². The van der Waals surface area contributed by atoms with E-state index < -0.39 is 11.5 Å². The van der Waals surface area contributed by atoms with Gasteiger partial charge in [-0.15, -0.1) is 0 Å². The molecular weight excluding hydrogens is 366 g/mol. The van der Waals surface area contributed by atoms with Gasteiger partial charge in [-0.05, 0) is 25.0 Å². The first-order chi connectivity index (χ1) is 14.1. The van der Waals surface area contributed by atoms with E-state index in [0.717, 1.165) is 76.1 Å². The van der Waals surface area contributed by atoms with Gasteiger partial charge < -0.3 is 14.5 Å². The zero-order valence-electron chi connectivity index (χ0n) is 17.1. The molecule has 1 aromatic rings. The van der Waals surface area contributed by atoms with Crippen molar-refractivity contribution in [1.82, 2.24) is 10.2 Å². The predicted octanol–water partition coefficient (Wildman–Crippen LogP) is 2.54. The Hall–Kier alpha value is -2.75. The minimum absolute atomic E-state index is 0.186. The summed E-state index contributed by atoms with van der Waals surface area (Å²) < 4.78 is 5.34. The third-order valence-electron chi connectivity index (χ3n) is 6.46. The van der Waals surface area contributed by atoms with Crippen LogP contribution in [-0.2, 0) is 4.79 Å². The number of anilines is 1. The van der Waals surface area contributed by atoms with Crippen molar-refractivity contribution in [3.05, 3.63) is 24.3 Å². The SMILES string of the molecule is COc1cccc(N2CCN(C3=NC4(CCCCCC4)[C@@H](C#N)C(=O)N3)CC2)c1. The number of benzene rings is 1. The van der Waals surface area contributed by atoms with Gasteiger partial charge in [-0.25, -0.2) is 4.99 Å². The molecule has 1 amide bonds. The largest absolute Gasteiger partial charge is 0.497 e. The number of nitrogens with one attached hydrogen (secondary N) is 1. The Kier molecular flexibility index (Phi) is 5.61. The van der Waals surface area contributed by atoms with Crippen LogP contribution in [0.5, 0.6) is 5.75 Å². The summed E-state index contributed by atoms with van der Waals surface area (Å²) in [5.74, 6) is 0.650. The molecule has 7 heteroatoms. The van der Waals surface area contributed by atoms with Crippen LogP contribution in [0.25, 0.3) is 0 Å². The van der Waals surface area contributed by atoms with E-state index in [-0.39, 0.29) is 5.91 Å². The Morgan fingerprint density at radius 1 is 1.14 bits per heavy atom. The smallest absolute Gasteiger partial charge is 0.246 e. The van der Waals surface area contributed by atoms with E-state index in [9.17, 15) is 10.1 Å². The fourth-order valence-electron chi connectivity index (χ4n) is 4.78. The van der Waals surface area contributed by atoms with Crippen LogP contribution in [-0.4, -0.2) is 55.6 Å². The number of nitrogens with zero attached hydrogens (tertiary/aromatic N) is 4. The molecular formula is C22H29N5O2. The van der Waals surface area contributed by atoms with E-state index in [4.69, 9.17) is 9.73 Å². The first-order valence-corrected chi connectivity index (χ1v) is 10.6. The van der Waals surface area contributed by atoms with Crippen LogP contribution in [0, 0.1) is 17.2 Å². The molecule has 2 fully saturated rings. The summed E-state index contributed by atoms with van der Waals surface area (Å²) in [7, 11) is 1.68. The summed E-state index contributed by atoms with van der Waals surface area (Å²) in [6.45, 7) is 3.25. The number of rotatable bonds is 2. The third-order valence-corrected chi connectivity index (χ3v) is 6.46. The lowest BCUT2D eigenvalue weighted by Gasteiger charge is -2.42. The number of methoxy groups -OCH3 is 1. The average Bonchev–Trinajstić information content (AvgIpc) is 2.99. The van der Waals surface area contributed by atoms with E-state index in [0.29, 0.717) is 5.96 Å². The van der Waals surface area contributed by atoms with Gasteiger partial charge >= 0.3 is 0 Å². The van der Waals surface area contributed by atoms with E-state index in [1.54, 1.807) is 7.11 Å². The third kappa shape index (κ3) is 3.89. The van der Waals surface area contributed by atoms with Crippen molar-refractivity contribution < 1.29 is 9.53 Å². The standard InChI is InChI=1S/C22H29N5O2/c1-29-18-8-6-7-17(15-18)26-11-13-27(14-12-26)21-24-20(28)19(16-23)22(25-21)9-4-2-3-5-10-22/h6-8,15,19H,2-5,9-14H2,1H3,(H,24,25,28)/t19-/m0/s1. The van der Waals surface area contributed by atoms with Gasteiger partial charge in [0.1, 0.15) is 5.75 Å². The number of carbonyl (C=O) groups excluding carboxylic acids is 1. The maximum Gasteiger partial charge on any atom is 0.246 e. The molecule has 7 nitrogen and oxygen atoms in total. The van der Waals surface area contributed by atoms with Crippen LogP contribution in [0.1, 0.15) is 38.5 Å². The van der Waals surface area contributed by atoms with Crippen molar-refractivity contribution in [2.45, 2.75) is 44.1 Å².